The summed E-state index contributed by atoms with van der Waals surface area (Å²) in [7, 11) is 0. The van der Waals surface area contributed by atoms with Crippen molar-refractivity contribution >= 4 is 34.9 Å². The molecule has 1 aliphatic carbocycles. The van der Waals surface area contributed by atoms with E-state index in [2.05, 4.69) is 29.5 Å². The highest BCUT2D eigenvalue weighted by molar-refractivity contribution is 7.71. The lowest BCUT2D eigenvalue weighted by Crippen LogP contribution is -2.25. The summed E-state index contributed by atoms with van der Waals surface area (Å²) in [5.41, 5.74) is 2.52. The van der Waals surface area contributed by atoms with Gasteiger partial charge < -0.3 is 9.55 Å². The zero-order chi connectivity index (χ0) is 15.0. The molecule has 1 N–H and O–H groups in total. The molecule has 0 amide bonds. The maximum absolute atomic E-state index is 6.29. The molecule has 1 fully saturated rings. The monoisotopic (exact) mass is 322 g/mol. The number of aromatic amines is 1. The van der Waals surface area contributed by atoms with Crippen molar-refractivity contribution in [2.75, 3.05) is 0 Å². The second-order valence-electron chi connectivity index (χ2n) is 6.96. The number of hydrogen-bond acceptors (Lipinski definition) is 1. The number of imidazole rings is 1. The first-order valence-corrected chi connectivity index (χ1v) is 8.66. The number of para-hydroxylation sites is 1. The van der Waals surface area contributed by atoms with E-state index in [1.54, 1.807) is 0 Å². The molecule has 1 aromatic carbocycles. The molecule has 1 aromatic heterocycles. The molecular weight excluding hydrogens is 300 g/mol. The van der Waals surface area contributed by atoms with Gasteiger partial charge in [0.05, 0.1) is 16.1 Å². The van der Waals surface area contributed by atoms with Gasteiger partial charge in [-0.05, 0) is 54.9 Å². The zero-order valence-electron chi connectivity index (χ0n) is 12.8. The normalized spacial score (nSPS) is 17.9. The van der Waals surface area contributed by atoms with Crippen molar-refractivity contribution in [3.8, 4) is 0 Å². The van der Waals surface area contributed by atoms with Crippen LogP contribution in [0, 0.1) is 16.1 Å². The van der Waals surface area contributed by atoms with Crippen molar-refractivity contribution in [2.45, 2.75) is 52.5 Å². The standard InChI is InChI=1S/C17H23ClN2S/c1-12(2)10-17(8-3-4-9-17)11-20-14-7-5-6-13(18)15(14)19-16(20)21/h5-7,12H,3-4,8-11H2,1-2H3,(H,19,21). The van der Waals surface area contributed by atoms with Crippen LogP contribution in [0.2, 0.25) is 5.02 Å². The number of fused-ring (bicyclic) bond motifs is 1. The molecule has 114 valence electrons. The Labute approximate surface area is 136 Å². The Bertz CT molecular complexity index is 692. The van der Waals surface area contributed by atoms with Gasteiger partial charge >= 0.3 is 0 Å². The number of hydrogen-bond donors (Lipinski definition) is 1. The third-order valence-corrected chi connectivity index (χ3v) is 5.40. The van der Waals surface area contributed by atoms with Crippen molar-refractivity contribution in [1.82, 2.24) is 9.55 Å². The smallest absolute Gasteiger partial charge is 0.178 e. The summed E-state index contributed by atoms with van der Waals surface area (Å²) in [4.78, 5) is 3.29. The Morgan fingerprint density at radius 2 is 2.05 bits per heavy atom. The van der Waals surface area contributed by atoms with Crippen LogP contribution in [0.5, 0.6) is 0 Å². The average Bonchev–Trinajstić information content (AvgIpc) is 2.97. The lowest BCUT2D eigenvalue weighted by molar-refractivity contribution is 0.198. The van der Waals surface area contributed by atoms with Crippen LogP contribution in [0.25, 0.3) is 11.0 Å². The van der Waals surface area contributed by atoms with Crippen LogP contribution in [0.4, 0.5) is 0 Å². The fourth-order valence-electron chi connectivity index (χ4n) is 4.06. The number of nitrogens with zero attached hydrogens (tertiary/aromatic N) is 1. The van der Waals surface area contributed by atoms with Crippen LogP contribution in [0.1, 0.15) is 46.0 Å². The van der Waals surface area contributed by atoms with Gasteiger partial charge in [-0.3, -0.25) is 0 Å². The molecule has 1 aliphatic rings. The van der Waals surface area contributed by atoms with Crippen LogP contribution in [0.15, 0.2) is 18.2 Å². The predicted octanol–water partition coefficient (Wildman–Crippen LogP) is 5.96. The highest BCUT2D eigenvalue weighted by Crippen LogP contribution is 2.45. The van der Waals surface area contributed by atoms with Crippen molar-refractivity contribution in [2.24, 2.45) is 11.3 Å². The molecule has 3 rings (SSSR count). The molecule has 0 spiro atoms. The van der Waals surface area contributed by atoms with Crippen LogP contribution < -0.4 is 0 Å². The first-order valence-electron chi connectivity index (χ1n) is 7.88. The summed E-state index contributed by atoms with van der Waals surface area (Å²) in [5.74, 6) is 0.728. The van der Waals surface area contributed by atoms with E-state index < -0.39 is 0 Å². The summed E-state index contributed by atoms with van der Waals surface area (Å²) in [5, 5.41) is 0.752. The molecular formula is C17H23ClN2S. The third-order valence-electron chi connectivity index (χ3n) is 4.76. The molecule has 0 atom stereocenters. The number of aromatic nitrogens is 2. The number of nitrogens with one attached hydrogen (secondary N) is 1. The summed E-state index contributed by atoms with van der Waals surface area (Å²) >= 11 is 11.8. The molecule has 2 aromatic rings. The van der Waals surface area contributed by atoms with E-state index in [1.165, 1.54) is 32.1 Å². The Hall–Kier alpha value is -0.800. The van der Waals surface area contributed by atoms with Gasteiger partial charge in [-0.1, -0.05) is 44.4 Å². The van der Waals surface area contributed by atoms with Crippen molar-refractivity contribution in [3.05, 3.63) is 28.0 Å². The second kappa shape index (κ2) is 5.77. The van der Waals surface area contributed by atoms with Gasteiger partial charge in [0.2, 0.25) is 0 Å². The maximum atomic E-state index is 6.29. The molecule has 0 saturated heterocycles. The van der Waals surface area contributed by atoms with Gasteiger partial charge in [-0.25, -0.2) is 0 Å². The SMILES string of the molecule is CC(C)CC1(Cn2c(=S)[nH]c3c(Cl)cccc32)CCCC1. The Kier molecular flexibility index (Phi) is 4.15. The Balaban J connectivity index is 2.02. The third kappa shape index (κ3) is 2.91. The molecule has 21 heavy (non-hydrogen) atoms. The molecule has 0 radical (unpaired) electrons. The zero-order valence-corrected chi connectivity index (χ0v) is 14.4. The quantitative estimate of drug-likeness (QED) is 0.689. The average molecular weight is 323 g/mol. The minimum Gasteiger partial charge on any atom is -0.329 e. The van der Waals surface area contributed by atoms with E-state index in [-0.39, 0.29) is 0 Å². The maximum Gasteiger partial charge on any atom is 0.178 e. The van der Waals surface area contributed by atoms with Crippen LogP contribution in [0.3, 0.4) is 0 Å². The fourth-order valence-corrected chi connectivity index (χ4v) is 4.54. The van der Waals surface area contributed by atoms with Gasteiger partial charge in [0.25, 0.3) is 0 Å². The summed E-state index contributed by atoms with van der Waals surface area (Å²) in [6.07, 6.45) is 6.62. The summed E-state index contributed by atoms with van der Waals surface area (Å²) in [6.45, 7) is 5.67. The van der Waals surface area contributed by atoms with Crippen LogP contribution in [-0.2, 0) is 6.54 Å². The topological polar surface area (TPSA) is 20.7 Å². The Morgan fingerprint density at radius 3 is 2.71 bits per heavy atom. The lowest BCUT2D eigenvalue weighted by Gasteiger charge is -2.31. The highest BCUT2D eigenvalue weighted by atomic mass is 35.5. The summed E-state index contributed by atoms with van der Waals surface area (Å²) in [6, 6.07) is 6.04. The first kappa shape index (κ1) is 15.1. The minimum absolute atomic E-state index is 0.407. The second-order valence-corrected chi connectivity index (χ2v) is 7.75. The molecule has 2 nitrogen and oxygen atoms in total. The van der Waals surface area contributed by atoms with Crippen LogP contribution in [-0.4, -0.2) is 9.55 Å². The van der Waals surface area contributed by atoms with Gasteiger partial charge in [0, 0.05) is 6.54 Å². The molecule has 0 unspecified atom stereocenters. The van der Waals surface area contributed by atoms with E-state index >= 15 is 0 Å². The largest absolute Gasteiger partial charge is 0.329 e. The fraction of sp³-hybridized carbons (Fsp3) is 0.588. The predicted molar refractivity (Wildman–Crippen MR) is 92.5 cm³/mol. The van der Waals surface area contributed by atoms with E-state index in [0.29, 0.717) is 5.41 Å². The molecule has 1 saturated carbocycles. The number of rotatable bonds is 4. The lowest BCUT2D eigenvalue weighted by atomic mass is 9.78. The number of halogens is 1. The molecule has 0 aliphatic heterocycles. The van der Waals surface area contributed by atoms with Gasteiger partial charge in [-0.2, -0.15) is 0 Å². The van der Waals surface area contributed by atoms with E-state index in [4.69, 9.17) is 23.8 Å². The minimum atomic E-state index is 0.407. The van der Waals surface area contributed by atoms with E-state index in [1.807, 2.05) is 12.1 Å². The first-order chi connectivity index (χ1) is 10.0. The molecule has 0 bridgehead atoms. The van der Waals surface area contributed by atoms with Gasteiger partial charge in [-0.15, -0.1) is 0 Å². The van der Waals surface area contributed by atoms with Crippen LogP contribution >= 0.6 is 23.8 Å². The van der Waals surface area contributed by atoms with Gasteiger partial charge in [0.15, 0.2) is 4.77 Å². The van der Waals surface area contributed by atoms with Crippen molar-refractivity contribution < 1.29 is 0 Å². The van der Waals surface area contributed by atoms with E-state index in [9.17, 15) is 0 Å². The summed E-state index contributed by atoms with van der Waals surface area (Å²) < 4.78 is 3.07. The van der Waals surface area contributed by atoms with Crippen molar-refractivity contribution in [3.63, 3.8) is 0 Å². The van der Waals surface area contributed by atoms with E-state index in [0.717, 1.165) is 33.3 Å². The Morgan fingerprint density at radius 1 is 1.33 bits per heavy atom. The van der Waals surface area contributed by atoms with Crippen molar-refractivity contribution in [1.29, 1.82) is 0 Å². The highest BCUT2D eigenvalue weighted by Gasteiger charge is 2.35. The molecule has 4 heteroatoms. The number of benzene rings is 1. The number of H-pyrrole nitrogens is 1. The van der Waals surface area contributed by atoms with Gasteiger partial charge in [0.1, 0.15) is 0 Å². The molecule has 1 heterocycles.